The van der Waals surface area contributed by atoms with Crippen molar-refractivity contribution in [3.8, 4) is 0 Å². The van der Waals surface area contributed by atoms with E-state index < -0.39 is 5.82 Å². The van der Waals surface area contributed by atoms with E-state index in [4.69, 9.17) is 17.3 Å². The Hall–Kier alpha value is -1.00. The van der Waals surface area contributed by atoms with Crippen LogP contribution in [0.1, 0.15) is 12.8 Å². The fourth-order valence-corrected chi connectivity index (χ4v) is 2.38. The SMILES string of the molecule is CN(CC1CC(O)C1)c1cc(Cl)c(F)cc1N. The molecule has 94 valence electrons. The Labute approximate surface area is 105 Å². The van der Waals surface area contributed by atoms with E-state index in [1.165, 1.54) is 6.07 Å². The molecular weight excluding hydrogens is 243 g/mol. The Kier molecular flexibility index (Phi) is 3.45. The van der Waals surface area contributed by atoms with Crippen LogP contribution in [0.4, 0.5) is 15.8 Å². The van der Waals surface area contributed by atoms with Crippen molar-refractivity contribution in [2.75, 3.05) is 24.2 Å². The second kappa shape index (κ2) is 4.70. The van der Waals surface area contributed by atoms with Gasteiger partial charge in [0.05, 0.1) is 22.5 Å². The summed E-state index contributed by atoms with van der Waals surface area (Å²) in [5, 5.41) is 9.30. The third kappa shape index (κ3) is 2.64. The molecule has 1 saturated carbocycles. The summed E-state index contributed by atoms with van der Waals surface area (Å²) in [4.78, 5) is 1.96. The van der Waals surface area contributed by atoms with Gasteiger partial charge in [-0.25, -0.2) is 4.39 Å². The monoisotopic (exact) mass is 258 g/mol. The zero-order chi connectivity index (χ0) is 12.6. The van der Waals surface area contributed by atoms with Gasteiger partial charge in [0.1, 0.15) is 5.82 Å². The number of hydrogen-bond acceptors (Lipinski definition) is 3. The summed E-state index contributed by atoms with van der Waals surface area (Å²) in [7, 11) is 1.89. The van der Waals surface area contributed by atoms with Crippen LogP contribution in [0, 0.1) is 11.7 Å². The number of aliphatic hydroxyl groups excluding tert-OH is 1. The highest BCUT2D eigenvalue weighted by Gasteiger charge is 2.28. The lowest BCUT2D eigenvalue weighted by molar-refractivity contribution is 0.0465. The summed E-state index contributed by atoms with van der Waals surface area (Å²) in [6.45, 7) is 0.795. The number of nitrogens with two attached hydrogens (primary N) is 1. The van der Waals surface area contributed by atoms with Gasteiger partial charge in [-0.15, -0.1) is 0 Å². The van der Waals surface area contributed by atoms with Crippen molar-refractivity contribution in [1.29, 1.82) is 0 Å². The lowest BCUT2D eigenvalue weighted by Gasteiger charge is -2.35. The van der Waals surface area contributed by atoms with Crippen molar-refractivity contribution < 1.29 is 9.50 Å². The third-order valence-corrected chi connectivity index (χ3v) is 3.51. The molecule has 0 amide bonds. The highest BCUT2D eigenvalue weighted by atomic mass is 35.5. The second-order valence-corrected chi connectivity index (χ2v) is 5.10. The molecule has 1 aromatic rings. The maximum atomic E-state index is 13.2. The summed E-state index contributed by atoms with van der Waals surface area (Å²) >= 11 is 5.74. The van der Waals surface area contributed by atoms with E-state index in [0.717, 1.165) is 25.1 Å². The summed E-state index contributed by atoms with van der Waals surface area (Å²) in [5.41, 5.74) is 6.88. The van der Waals surface area contributed by atoms with E-state index >= 15 is 0 Å². The van der Waals surface area contributed by atoms with Gasteiger partial charge < -0.3 is 15.7 Å². The molecule has 0 bridgehead atoms. The lowest BCUT2D eigenvalue weighted by Crippen LogP contribution is -2.37. The van der Waals surface area contributed by atoms with Crippen LogP contribution in [-0.4, -0.2) is 24.8 Å². The van der Waals surface area contributed by atoms with Crippen LogP contribution in [0.3, 0.4) is 0 Å². The standard InChI is InChI=1S/C12H16ClFN2O/c1-16(6-7-2-8(17)3-7)12-4-9(13)10(14)5-11(12)15/h4-5,7-8,17H,2-3,6,15H2,1H3. The lowest BCUT2D eigenvalue weighted by atomic mass is 9.82. The van der Waals surface area contributed by atoms with Crippen molar-refractivity contribution >= 4 is 23.0 Å². The molecule has 0 radical (unpaired) electrons. The molecule has 1 aliphatic rings. The molecule has 0 aliphatic heterocycles. The molecule has 17 heavy (non-hydrogen) atoms. The predicted octanol–water partition coefficient (Wildman–Crippen LogP) is 2.27. The van der Waals surface area contributed by atoms with Gasteiger partial charge in [-0.05, 0) is 24.8 Å². The molecule has 0 saturated heterocycles. The quantitative estimate of drug-likeness (QED) is 0.818. The highest BCUT2D eigenvalue weighted by Crippen LogP contribution is 2.32. The fourth-order valence-electron chi connectivity index (χ4n) is 2.22. The summed E-state index contributed by atoms with van der Waals surface area (Å²) < 4.78 is 13.2. The van der Waals surface area contributed by atoms with E-state index in [1.807, 2.05) is 11.9 Å². The zero-order valence-electron chi connectivity index (χ0n) is 9.66. The molecule has 1 aliphatic carbocycles. The van der Waals surface area contributed by atoms with Crippen LogP contribution in [0.2, 0.25) is 5.02 Å². The molecule has 5 heteroatoms. The minimum atomic E-state index is -0.500. The predicted molar refractivity (Wildman–Crippen MR) is 67.8 cm³/mol. The normalized spacial score (nSPS) is 23.3. The summed E-state index contributed by atoms with van der Waals surface area (Å²) in [6.07, 6.45) is 1.47. The van der Waals surface area contributed by atoms with Crippen LogP contribution in [0.25, 0.3) is 0 Å². The first-order valence-electron chi connectivity index (χ1n) is 5.61. The van der Waals surface area contributed by atoms with Gasteiger partial charge in [-0.1, -0.05) is 11.6 Å². The van der Waals surface area contributed by atoms with E-state index in [9.17, 15) is 9.50 Å². The fraction of sp³-hybridized carbons (Fsp3) is 0.500. The average molecular weight is 259 g/mol. The Morgan fingerprint density at radius 2 is 2.18 bits per heavy atom. The molecule has 1 aromatic carbocycles. The van der Waals surface area contributed by atoms with Gasteiger partial charge in [-0.2, -0.15) is 0 Å². The van der Waals surface area contributed by atoms with Gasteiger partial charge in [0.2, 0.25) is 0 Å². The average Bonchev–Trinajstić information content (AvgIpc) is 2.21. The Morgan fingerprint density at radius 3 is 2.76 bits per heavy atom. The Bertz CT molecular complexity index is 421. The van der Waals surface area contributed by atoms with E-state index in [1.54, 1.807) is 6.07 Å². The second-order valence-electron chi connectivity index (χ2n) is 4.70. The first-order chi connectivity index (χ1) is 7.97. The number of rotatable bonds is 3. The molecular formula is C12H16ClFN2O. The minimum Gasteiger partial charge on any atom is -0.397 e. The van der Waals surface area contributed by atoms with E-state index in [2.05, 4.69) is 0 Å². The minimum absolute atomic E-state index is 0.0784. The highest BCUT2D eigenvalue weighted by molar-refractivity contribution is 6.31. The van der Waals surface area contributed by atoms with Crippen molar-refractivity contribution in [1.82, 2.24) is 0 Å². The van der Waals surface area contributed by atoms with Crippen LogP contribution in [-0.2, 0) is 0 Å². The van der Waals surface area contributed by atoms with Gasteiger partial charge in [0, 0.05) is 19.7 Å². The maximum Gasteiger partial charge on any atom is 0.143 e. The first-order valence-corrected chi connectivity index (χ1v) is 5.99. The first kappa shape index (κ1) is 12.5. The number of nitrogens with zero attached hydrogens (tertiary/aromatic N) is 1. The maximum absolute atomic E-state index is 13.2. The van der Waals surface area contributed by atoms with Gasteiger partial charge in [0.15, 0.2) is 0 Å². The van der Waals surface area contributed by atoms with Gasteiger partial charge in [-0.3, -0.25) is 0 Å². The number of anilines is 2. The molecule has 3 N–H and O–H groups in total. The van der Waals surface area contributed by atoms with E-state index in [0.29, 0.717) is 11.6 Å². The van der Waals surface area contributed by atoms with Gasteiger partial charge >= 0.3 is 0 Å². The summed E-state index contributed by atoms with van der Waals surface area (Å²) in [6, 6.07) is 2.78. The van der Waals surface area contributed by atoms with E-state index in [-0.39, 0.29) is 11.1 Å². The molecule has 0 spiro atoms. The molecule has 0 unspecified atom stereocenters. The van der Waals surface area contributed by atoms with Crippen molar-refractivity contribution in [2.45, 2.75) is 18.9 Å². The van der Waals surface area contributed by atoms with Crippen LogP contribution >= 0.6 is 11.6 Å². The number of halogens is 2. The zero-order valence-corrected chi connectivity index (χ0v) is 10.4. The molecule has 0 heterocycles. The molecule has 2 rings (SSSR count). The Morgan fingerprint density at radius 1 is 1.53 bits per heavy atom. The Balaban J connectivity index is 2.08. The van der Waals surface area contributed by atoms with Crippen LogP contribution < -0.4 is 10.6 Å². The number of nitrogen functional groups attached to an aromatic ring is 1. The molecule has 1 fully saturated rings. The van der Waals surface area contributed by atoms with Crippen molar-refractivity contribution in [3.63, 3.8) is 0 Å². The number of hydrogen-bond donors (Lipinski definition) is 2. The topological polar surface area (TPSA) is 49.5 Å². The smallest absolute Gasteiger partial charge is 0.143 e. The van der Waals surface area contributed by atoms with Crippen molar-refractivity contribution in [3.05, 3.63) is 23.0 Å². The molecule has 0 aromatic heterocycles. The summed E-state index contributed by atoms with van der Waals surface area (Å²) in [5.74, 6) is -0.0291. The number of benzene rings is 1. The third-order valence-electron chi connectivity index (χ3n) is 3.22. The molecule has 0 atom stereocenters. The largest absolute Gasteiger partial charge is 0.397 e. The van der Waals surface area contributed by atoms with Crippen molar-refractivity contribution in [2.24, 2.45) is 5.92 Å². The van der Waals surface area contributed by atoms with Gasteiger partial charge in [0.25, 0.3) is 0 Å². The number of aliphatic hydroxyl groups is 1. The van der Waals surface area contributed by atoms with Crippen LogP contribution in [0.5, 0.6) is 0 Å². The molecule has 3 nitrogen and oxygen atoms in total. The van der Waals surface area contributed by atoms with Crippen LogP contribution in [0.15, 0.2) is 12.1 Å².